The van der Waals surface area contributed by atoms with Gasteiger partial charge in [-0.25, -0.2) is 8.42 Å². The summed E-state index contributed by atoms with van der Waals surface area (Å²) in [6, 6.07) is 5.76. The maximum absolute atomic E-state index is 13.0. The molecule has 2 aromatic heterocycles. The number of amides is 2. The third kappa shape index (κ3) is 4.26. The SMILES string of the molecule is Cc1cc(C=C(C#N)C(=O)N2CCN(S(=O)(=O)c3cc(C(N)=O)n(C)c3)CC2)c(C)n1C1CC1. The summed E-state index contributed by atoms with van der Waals surface area (Å²) in [6.07, 6.45) is 5.26. The minimum Gasteiger partial charge on any atom is -0.364 e. The molecule has 0 unspecified atom stereocenters. The minimum absolute atomic E-state index is 0.0211. The van der Waals surface area contributed by atoms with Crippen LogP contribution in [0.2, 0.25) is 0 Å². The molecular weight excluding hydrogens is 456 g/mol. The minimum atomic E-state index is -3.85. The average Bonchev–Trinajstić information content (AvgIpc) is 3.48. The van der Waals surface area contributed by atoms with Gasteiger partial charge in [-0.3, -0.25) is 9.59 Å². The fraction of sp³-hybridized carbons (Fsp3) is 0.435. The van der Waals surface area contributed by atoms with Crippen molar-refractivity contribution in [3.05, 3.63) is 46.5 Å². The van der Waals surface area contributed by atoms with Gasteiger partial charge in [0, 0.05) is 56.9 Å². The zero-order chi connectivity index (χ0) is 24.8. The van der Waals surface area contributed by atoms with Crippen LogP contribution in [-0.4, -0.2) is 64.8 Å². The van der Waals surface area contributed by atoms with Gasteiger partial charge in [0.25, 0.3) is 11.8 Å². The Morgan fingerprint density at radius 1 is 1.15 bits per heavy atom. The highest BCUT2D eigenvalue weighted by Gasteiger charge is 2.33. The number of nitrogens with two attached hydrogens (primary N) is 1. The highest BCUT2D eigenvalue weighted by Crippen LogP contribution is 2.38. The first kappa shape index (κ1) is 23.8. The molecule has 10 nitrogen and oxygen atoms in total. The van der Waals surface area contributed by atoms with E-state index in [9.17, 15) is 23.3 Å². The van der Waals surface area contributed by atoms with E-state index in [2.05, 4.69) is 4.57 Å². The van der Waals surface area contributed by atoms with Gasteiger partial charge in [-0.05, 0) is 50.5 Å². The van der Waals surface area contributed by atoms with E-state index in [1.165, 1.54) is 26.0 Å². The first-order valence-electron chi connectivity index (χ1n) is 11.1. The summed E-state index contributed by atoms with van der Waals surface area (Å²) in [6.45, 7) is 4.51. The van der Waals surface area contributed by atoms with E-state index in [0.29, 0.717) is 6.04 Å². The van der Waals surface area contributed by atoms with Gasteiger partial charge in [-0.15, -0.1) is 0 Å². The second-order valence-corrected chi connectivity index (χ2v) is 10.8. The number of hydrogen-bond acceptors (Lipinski definition) is 5. The number of sulfonamides is 1. The molecule has 0 radical (unpaired) electrons. The Morgan fingerprint density at radius 3 is 2.32 bits per heavy atom. The molecule has 0 bridgehead atoms. The Bertz CT molecular complexity index is 1330. The summed E-state index contributed by atoms with van der Waals surface area (Å²) >= 11 is 0. The van der Waals surface area contributed by atoms with Crippen LogP contribution in [0.3, 0.4) is 0 Å². The molecule has 0 atom stereocenters. The van der Waals surface area contributed by atoms with Crippen molar-refractivity contribution in [2.75, 3.05) is 26.2 Å². The molecule has 2 aliphatic rings. The molecule has 1 saturated carbocycles. The number of nitriles is 1. The molecule has 2 aromatic rings. The normalized spacial score (nSPS) is 17.6. The van der Waals surface area contributed by atoms with E-state index in [4.69, 9.17) is 5.73 Å². The van der Waals surface area contributed by atoms with Gasteiger partial charge in [0.15, 0.2) is 0 Å². The number of carbonyl (C=O) groups is 2. The predicted octanol–water partition coefficient (Wildman–Crippen LogP) is 1.32. The monoisotopic (exact) mass is 484 g/mol. The summed E-state index contributed by atoms with van der Waals surface area (Å²) in [5.74, 6) is -1.13. The van der Waals surface area contributed by atoms with Gasteiger partial charge in [0.1, 0.15) is 22.2 Å². The molecule has 2 amide bonds. The Hall–Kier alpha value is -3.36. The molecule has 2 N–H and O–H groups in total. The number of piperazine rings is 1. The second kappa shape index (κ2) is 8.77. The molecule has 1 saturated heterocycles. The van der Waals surface area contributed by atoms with E-state index >= 15 is 0 Å². The van der Waals surface area contributed by atoms with Crippen LogP contribution in [0.25, 0.3) is 6.08 Å². The Morgan fingerprint density at radius 2 is 1.79 bits per heavy atom. The van der Waals surface area contributed by atoms with Gasteiger partial charge < -0.3 is 19.8 Å². The molecular formula is C23H28N6O4S. The van der Waals surface area contributed by atoms with Crippen molar-refractivity contribution in [1.29, 1.82) is 5.26 Å². The Labute approximate surface area is 198 Å². The molecule has 0 aromatic carbocycles. The first-order valence-corrected chi connectivity index (χ1v) is 12.5. The van der Waals surface area contributed by atoms with Gasteiger partial charge in [0.05, 0.1) is 0 Å². The Kier molecular flexibility index (Phi) is 6.14. The van der Waals surface area contributed by atoms with Crippen molar-refractivity contribution in [1.82, 2.24) is 18.3 Å². The summed E-state index contributed by atoms with van der Waals surface area (Å²) < 4.78 is 30.9. The lowest BCUT2D eigenvalue weighted by atomic mass is 10.1. The number of aryl methyl sites for hydroxylation is 2. The highest BCUT2D eigenvalue weighted by molar-refractivity contribution is 7.89. The maximum Gasteiger partial charge on any atom is 0.265 e. The van der Waals surface area contributed by atoms with Crippen LogP contribution in [0, 0.1) is 25.2 Å². The van der Waals surface area contributed by atoms with Crippen molar-refractivity contribution in [2.24, 2.45) is 12.8 Å². The first-order chi connectivity index (χ1) is 16.0. The van der Waals surface area contributed by atoms with Crippen LogP contribution in [0.1, 0.15) is 46.3 Å². The standard InChI is InChI=1S/C23H28N6O4S/c1-15-10-17(16(2)29(15)19-4-5-19)11-18(13-24)23(31)27-6-8-28(9-7-27)34(32,33)20-12-21(22(25)30)26(3)14-20/h10-12,14,19H,4-9H2,1-3H3,(H2,25,30). The number of rotatable bonds is 6. The quantitative estimate of drug-likeness (QED) is 0.487. The van der Waals surface area contributed by atoms with Crippen molar-refractivity contribution >= 4 is 27.9 Å². The molecule has 11 heteroatoms. The van der Waals surface area contributed by atoms with Crippen molar-refractivity contribution in [3.8, 4) is 6.07 Å². The third-order valence-corrected chi connectivity index (χ3v) is 8.35. The molecule has 3 heterocycles. The lowest BCUT2D eigenvalue weighted by Gasteiger charge is -2.33. The van der Waals surface area contributed by atoms with Crippen LogP contribution in [0.5, 0.6) is 0 Å². The van der Waals surface area contributed by atoms with E-state index in [-0.39, 0.29) is 42.3 Å². The predicted molar refractivity (Wildman–Crippen MR) is 125 cm³/mol. The number of primary amides is 1. The van der Waals surface area contributed by atoms with E-state index in [1.807, 2.05) is 26.0 Å². The van der Waals surface area contributed by atoms with E-state index < -0.39 is 21.8 Å². The fourth-order valence-corrected chi connectivity index (χ4v) is 6.01. The molecule has 34 heavy (non-hydrogen) atoms. The largest absolute Gasteiger partial charge is 0.364 e. The van der Waals surface area contributed by atoms with Crippen molar-refractivity contribution in [3.63, 3.8) is 0 Å². The number of nitrogens with zero attached hydrogens (tertiary/aromatic N) is 5. The van der Waals surface area contributed by atoms with E-state index in [0.717, 1.165) is 29.8 Å². The number of aromatic nitrogens is 2. The topological polar surface area (TPSA) is 134 Å². The molecule has 1 aliphatic carbocycles. The van der Waals surface area contributed by atoms with Gasteiger partial charge in [-0.2, -0.15) is 9.57 Å². The zero-order valence-corrected chi connectivity index (χ0v) is 20.3. The van der Waals surface area contributed by atoms with Crippen LogP contribution in [-0.2, 0) is 21.9 Å². The summed E-state index contributed by atoms with van der Waals surface area (Å²) in [5, 5.41) is 9.66. The highest BCUT2D eigenvalue weighted by atomic mass is 32.2. The van der Waals surface area contributed by atoms with Crippen LogP contribution >= 0.6 is 0 Å². The smallest absolute Gasteiger partial charge is 0.265 e. The van der Waals surface area contributed by atoms with Gasteiger partial charge in [0.2, 0.25) is 10.0 Å². The third-order valence-electron chi connectivity index (χ3n) is 6.48. The van der Waals surface area contributed by atoms with Gasteiger partial charge >= 0.3 is 0 Å². The van der Waals surface area contributed by atoms with Crippen LogP contribution in [0.15, 0.2) is 28.8 Å². The molecule has 180 valence electrons. The summed E-state index contributed by atoms with van der Waals surface area (Å²) in [4.78, 5) is 26.0. The van der Waals surface area contributed by atoms with Crippen LogP contribution < -0.4 is 5.73 Å². The number of carbonyl (C=O) groups excluding carboxylic acids is 2. The van der Waals surface area contributed by atoms with Crippen molar-refractivity contribution in [2.45, 2.75) is 37.6 Å². The van der Waals surface area contributed by atoms with Crippen molar-refractivity contribution < 1.29 is 18.0 Å². The Balaban J connectivity index is 1.47. The summed E-state index contributed by atoms with van der Waals surface area (Å²) in [7, 11) is -2.30. The fourth-order valence-electron chi connectivity index (χ4n) is 4.51. The van der Waals surface area contributed by atoms with E-state index in [1.54, 1.807) is 13.1 Å². The lowest BCUT2D eigenvalue weighted by molar-refractivity contribution is -0.127. The molecule has 4 rings (SSSR count). The number of hydrogen-bond donors (Lipinski definition) is 1. The van der Waals surface area contributed by atoms with Crippen LogP contribution in [0.4, 0.5) is 0 Å². The average molecular weight is 485 g/mol. The van der Waals surface area contributed by atoms with Gasteiger partial charge in [-0.1, -0.05) is 0 Å². The summed E-state index contributed by atoms with van der Waals surface area (Å²) in [5.41, 5.74) is 8.41. The molecule has 2 fully saturated rings. The second-order valence-electron chi connectivity index (χ2n) is 8.83. The zero-order valence-electron chi connectivity index (χ0n) is 19.5. The maximum atomic E-state index is 13.0. The lowest BCUT2D eigenvalue weighted by Crippen LogP contribution is -2.50. The molecule has 0 spiro atoms. The molecule has 1 aliphatic heterocycles.